The number of nitrogens with two attached hydrogens (primary N) is 1. The number of hydrogen-bond donors (Lipinski definition) is 2. The third-order valence-corrected chi connectivity index (χ3v) is 4.41. The van der Waals surface area contributed by atoms with Crippen LogP contribution in [0.3, 0.4) is 0 Å². The molecule has 0 saturated heterocycles. The second kappa shape index (κ2) is 3.86. The van der Waals surface area contributed by atoms with Gasteiger partial charge in [-0.3, -0.25) is 0 Å². The Morgan fingerprint density at radius 1 is 1.00 bits per heavy atom. The fraction of sp³-hybridized carbons (Fsp3) is 0.333. The number of rotatable bonds is 1. The highest BCUT2D eigenvalue weighted by Gasteiger charge is 2.36. The first-order chi connectivity index (χ1) is 9.23. The zero-order chi connectivity index (χ0) is 14.7. The third kappa shape index (κ3) is 1.68. The molecule has 0 heterocycles. The Kier molecular flexibility index (Phi) is 2.55. The molecule has 0 atom stereocenters. The lowest BCUT2D eigenvalue weighted by Gasteiger charge is -2.25. The summed E-state index contributed by atoms with van der Waals surface area (Å²) in [6, 6.07) is 12.5. The van der Waals surface area contributed by atoms with Gasteiger partial charge in [0.25, 0.3) is 0 Å². The Morgan fingerprint density at radius 3 is 2.30 bits per heavy atom. The average Bonchev–Trinajstić information content (AvgIpc) is 2.57. The topological polar surface area (TPSA) is 46.2 Å². The van der Waals surface area contributed by atoms with E-state index in [4.69, 9.17) is 5.73 Å². The van der Waals surface area contributed by atoms with Gasteiger partial charge in [-0.2, -0.15) is 0 Å². The van der Waals surface area contributed by atoms with Gasteiger partial charge in [-0.15, -0.1) is 0 Å². The fourth-order valence-electron chi connectivity index (χ4n) is 3.29. The van der Waals surface area contributed by atoms with Crippen molar-refractivity contribution in [2.45, 2.75) is 38.7 Å². The molecular formula is C18H21NO. The number of benzene rings is 2. The van der Waals surface area contributed by atoms with Crippen LogP contribution in [0, 0.1) is 0 Å². The maximum atomic E-state index is 10.3. The van der Waals surface area contributed by atoms with Crippen LogP contribution in [0.5, 0.6) is 0 Å². The molecule has 2 aromatic carbocycles. The van der Waals surface area contributed by atoms with Crippen molar-refractivity contribution in [2.24, 2.45) is 0 Å². The van der Waals surface area contributed by atoms with Crippen molar-refractivity contribution < 1.29 is 5.11 Å². The molecule has 0 spiro atoms. The van der Waals surface area contributed by atoms with E-state index in [9.17, 15) is 5.11 Å². The Morgan fingerprint density at radius 2 is 1.65 bits per heavy atom. The maximum Gasteiger partial charge on any atom is 0.0860 e. The van der Waals surface area contributed by atoms with E-state index < -0.39 is 5.60 Å². The number of hydrogen-bond acceptors (Lipinski definition) is 2. The summed E-state index contributed by atoms with van der Waals surface area (Å²) in [5, 5.41) is 10.3. The molecule has 1 aliphatic carbocycles. The van der Waals surface area contributed by atoms with Crippen LogP contribution in [0.2, 0.25) is 0 Å². The van der Waals surface area contributed by atoms with E-state index in [1.165, 1.54) is 22.3 Å². The molecule has 0 fully saturated rings. The highest BCUT2D eigenvalue weighted by molar-refractivity contribution is 5.83. The molecule has 20 heavy (non-hydrogen) atoms. The lowest BCUT2D eigenvalue weighted by Crippen LogP contribution is -2.21. The van der Waals surface area contributed by atoms with Crippen LogP contribution in [0.4, 0.5) is 5.69 Å². The predicted octanol–water partition coefficient (Wildman–Crippen LogP) is 3.80. The first kappa shape index (κ1) is 13.2. The van der Waals surface area contributed by atoms with Crippen LogP contribution in [-0.4, -0.2) is 5.11 Å². The summed E-state index contributed by atoms with van der Waals surface area (Å²) in [4.78, 5) is 0. The van der Waals surface area contributed by atoms with Crippen LogP contribution >= 0.6 is 0 Å². The normalized spacial score (nSPS) is 15.8. The molecule has 0 bridgehead atoms. The van der Waals surface area contributed by atoms with Gasteiger partial charge >= 0.3 is 0 Å². The van der Waals surface area contributed by atoms with E-state index in [1.807, 2.05) is 6.07 Å². The van der Waals surface area contributed by atoms with Gasteiger partial charge in [-0.05, 0) is 48.2 Å². The Hall–Kier alpha value is -1.80. The van der Waals surface area contributed by atoms with Crippen LogP contribution in [0.15, 0.2) is 36.4 Å². The molecule has 1 aliphatic rings. The van der Waals surface area contributed by atoms with Crippen molar-refractivity contribution in [1.82, 2.24) is 0 Å². The molecule has 0 unspecified atom stereocenters. The summed E-state index contributed by atoms with van der Waals surface area (Å²) in [5.74, 6) is 0. The van der Waals surface area contributed by atoms with Gasteiger partial charge in [0, 0.05) is 16.7 Å². The minimum Gasteiger partial charge on any atom is -0.398 e. The van der Waals surface area contributed by atoms with Crippen molar-refractivity contribution in [3.8, 4) is 11.1 Å². The van der Waals surface area contributed by atoms with E-state index in [0.717, 1.165) is 5.56 Å². The monoisotopic (exact) mass is 267 g/mol. The van der Waals surface area contributed by atoms with Crippen molar-refractivity contribution in [1.29, 1.82) is 0 Å². The minimum absolute atomic E-state index is 0.0559. The SMILES string of the molecule is CC(C)(O)c1cc2c(cc1N)-c1ccccc1C2(C)C. The molecule has 0 amide bonds. The van der Waals surface area contributed by atoms with Crippen LogP contribution < -0.4 is 5.73 Å². The zero-order valence-electron chi connectivity index (χ0n) is 12.5. The molecule has 2 heteroatoms. The molecule has 2 nitrogen and oxygen atoms in total. The van der Waals surface area contributed by atoms with Gasteiger partial charge in [0.1, 0.15) is 0 Å². The molecule has 0 aromatic heterocycles. The quantitative estimate of drug-likeness (QED) is 0.772. The highest BCUT2D eigenvalue weighted by Crippen LogP contribution is 2.50. The first-order valence-corrected chi connectivity index (χ1v) is 6.99. The van der Waals surface area contributed by atoms with Gasteiger partial charge in [-0.1, -0.05) is 38.1 Å². The van der Waals surface area contributed by atoms with Gasteiger partial charge in [-0.25, -0.2) is 0 Å². The highest BCUT2D eigenvalue weighted by atomic mass is 16.3. The second-order valence-corrected chi connectivity index (χ2v) is 6.71. The number of fused-ring (bicyclic) bond motifs is 3. The Balaban J connectivity index is 2.33. The lowest BCUT2D eigenvalue weighted by molar-refractivity contribution is 0.0793. The second-order valence-electron chi connectivity index (χ2n) is 6.71. The number of aliphatic hydroxyl groups is 1. The fourth-order valence-corrected chi connectivity index (χ4v) is 3.29. The molecular weight excluding hydrogens is 246 g/mol. The summed E-state index contributed by atoms with van der Waals surface area (Å²) in [6.45, 7) is 8.00. The van der Waals surface area contributed by atoms with Gasteiger partial charge < -0.3 is 10.8 Å². The van der Waals surface area contributed by atoms with E-state index in [-0.39, 0.29) is 5.41 Å². The van der Waals surface area contributed by atoms with Crippen molar-refractivity contribution in [3.63, 3.8) is 0 Å². The van der Waals surface area contributed by atoms with E-state index in [2.05, 4.69) is 44.2 Å². The summed E-state index contributed by atoms with van der Waals surface area (Å²) in [6.07, 6.45) is 0. The molecule has 3 N–H and O–H groups in total. The van der Waals surface area contributed by atoms with Crippen LogP contribution in [0.25, 0.3) is 11.1 Å². The molecule has 2 aromatic rings. The Labute approximate surface area is 120 Å². The van der Waals surface area contributed by atoms with Crippen LogP contribution in [-0.2, 0) is 11.0 Å². The van der Waals surface area contributed by atoms with Crippen molar-refractivity contribution >= 4 is 5.69 Å². The maximum absolute atomic E-state index is 10.3. The Bertz CT molecular complexity index is 693. The molecule has 0 saturated carbocycles. The summed E-state index contributed by atoms with van der Waals surface area (Å²) < 4.78 is 0. The number of nitrogen functional groups attached to an aromatic ring is 1. The largest absolute Gasteiger partial charge is 0.398 e. The van der Waals surface area contributed by atoms with E-state index in [1.54, 1.807) is 13.8 Å². The summed E-state index contributed by atoms with van der Waals surface area (Å²) in [7, 11) is 0. The smallest absolute Gasteiger partial charge is 0.0860 e. The zero-order valence-corrected chi connectivity index (χ0v) is 12.5. The molecule has 3 rings (SSSR count). The lowest BCUT2D eigenvalue weighted by atomic mass is 9.80. The van der Waals surface area contributed by atoms with Gasteiger partial charge in [0.2, 0.25) is 0 Å². The third-order valence-electron chi connectivity index (χ3n) is 4.41. The number of anilines is 1. The van der Waals surface area contributed by atoms with Crippen molar-refractivity contribution in [2.75, 3.05) is 5.73 Å². The van der Waals surface area contributed by atoms with Crippen LogP contribution in [0.1, 0.15) is 44.4 Å². The summed E-state index contributed by atoms with van der Waals surface area (Å²) >= 11 is 0. The summed E-state index contributed by atoms with van der Waals surface area (Å²) in [5.41, 5.74) is 11.6. The standard InChI is InChI=1S/C18H21NO/c1-17(2)13-8-6-5-7-11(13)12-9-16(19)15(10-14(12)17)18(3,4)20/h5-10,20H,19H2,1-4H3. The van der Waals surface area contributed by atoms with E-state index in [0.29, 0.717) is 5.69 Å². The first-order valence-electron chi connectivity index (χ1n) is 6.99. The minimum atomic E-state index is -0.927. The van der Waals surface area contributed by atoms with Gasteiger partial charge in [0.05, 0.1) is 5.60 Å². The molecule has 0 aliphatic heterocycles. The van der Waals surface area contributed by atoms with Crippen molar-refractivity contribution in [3.05, 3.63) is 53.1 Å². The molecule has 0 radical (unpaired) electrons. The van der Waals surface area contributed by atoms with Gasteiger partial charge in [0.15, 0.2) is 0 Å². The molecule has 104 valence electrons. The predicted molar refractivity (Wildman–Crippen MR) is 83.7 cm³/mol. The average molecular weight is 267 g/mol. The van der Waals surface area contributed by atoms with E-state index >= 15 is 0 Å².